The number of nitrogens with zero attached hydrogens (tertiary/aromatic N) is 2. The molecule has 2 heterocycles. The number of nitrogens with two attached hydrogens (primary N) is 1. The second kappa shape index (κ2) is 10.3. The molecule has 2 aromatic carbocycles. The Hall–Kier alpha value is -4.25. The van der Waals surface area contributed by atoms with Crippen LogP contribution in [0.5, 0.6) is 11.5 Å². The van der Waals surface area contributed by atoms with E-state index in [-0.39, 0.29) is 48.1 Å². The zero-order chi connectivity index (χ0) is 26.9. The molecule has 3 amide bonds. The van der Waals surface area contributed by atoms with E-state index in [0.717, 1.165) is 6.42 Å². The molecule has 1 saturated heterocycles. The Morgan fingerprint density at radius 3 is 2.50 bits per heavy atom. The summed E-state index contributed by atoms with van der Waals surface area (Å²) in [6.07, 6.45) is 2.92. The highest BCUT2D eigenvalue weighted by atomic mass is 32.1. The molecule has 2 aliphatic rings. The fourth-order valence-electron chi connectivity index (χ4n) is 4.81. The van der Waals surface area contributed by atoms with E-state index in [4.69, 9.17) is 15.9 Å². The van der Waals surface area contributed by atoms with Gasteiger partial charge in [-0.15, -0.1) is 11.3 Å². The van der Waals surface area contributed by atoms with Crippen LogP contribution < -0.4 is 21.1 Å². The Kier molecular flexibility index (Phi) is 6.85. The van der Waals surface area contributed by atoms with E-state index >= 15 is 0 Å². The van der Waals surface area contributed by atoms with Crippen LogP contribution in [-0.2, 0) is 16.1 Å². The molecule has 38 heavy (non-hydrogen) atoms. The highest BCUT2D eigenvalue weighted by Crippen LogP contribution is 2.59. The second-order valence-electron chi connectivity index (χ2n) is 9.77. The Bertz CT molecular complexity index is 1380. The molecule has 0 spiro atoms. The van der Waals surface area contributed by atoms with Gasteiger partial charge < -0.3 is 26.0 Å². The molecule has 3 atom stereocenters. The molecule has 0 unspecified atom stereocenters. The number of hydrogen-bond acceptors (Lipinski definition) is 7. The maximum atomic E-state index is 13.1. The summed E-state index contributed by atoms with van der Waals surface area (Å²) in [6.45, 7) is 2.06. The van der Waals surface area contributed by atoms with E-state index in [9.17, 15) is 14.4 Å². The molecule has 1 aromatic heterocycles. The number of rotatable bonds is 9. The third-order valence-electron chi connectivity index (χ3n) is 6.95. The van der Waals surface area contributed by atoms with Crippen LogP contribution in [0.25, 0.3) is 0 Å². The van der Waals surface area contributed by atoms with Gasteiger partial charge in [-0.25, -0.2) is 4.98 Å². The Morgan fingerprint density at radius 2 is 1.82 bits per heavy atom. The van der Waals surface area contributed by atoms with E-state index in [2.05, 4.69) is 22.5 Å². The molecule has 1 aliphatic heterocycles. The van der Waals surface area contributed by atoms with Crippen LogP contribution in [0.4, 0.5) is 0 Å². The topological polar surface area (TPSA) is 151 Å². The molecule has 1 aliphatic carbocycles. The normalized spacial score (nSPS) is 21.3. The van der Waals surface area contributed by atoms with Crippen molar-refractivity contribution in [3.63, 3.8) is 0 Å². The fraction of sp³-hybridized carbons (Fsp3) is 0.296. The monoisotopic (exact) mass is 532 g/mol. The van der Waals surface area contributed by atoms with E-state index in [0.29, 0.717) is 33.4 Å². The number of fused-ring (bicyclic) bond motifs is 1. The van der Waals surface area contributed by atoms with E-state index in [1.165, 1.54) is 17.5 Å². The van der Waals surface area contributed by atoms with Crippen molar-refractivity contribution in [3.8, 4) is 11.5 Å². The molecule has 0 radical (unpaired) electrons. The number of benzene rings is 2. The minimum atomic E-state index is -0.607. The van der Waals surface area contributed by atoms with Crippen LogP contribution in [0, 0.1) is 10.8 Å². The molecule has 10 nitrogen and oxygen atoms in total. The van der Waals surface area contributed by atoms with E-state index in [1.807, 2.05) is 30.3 Å². The first-order chi connectivity index (χ1) is 18.2. The quantitative estimate of drug-likeness (QED) is 0.246. The zero-order valence-corrected chi connectivity index (χ0v) is 21.6. The van der Waals surface area contributed by atoms with Gasteiger partial charge in [-0.05, 0) is 54.7 Å². The first-order valence-corrected chi connectivity index (χ1v) is 13.0. The number of piperidine rings is 1. The number of amidine groups is 1. The molecule has 5 N–H and O–H groups in total. The van der Waals surface area contributed by atoms with Crippen LogP contribution in [0.1, 0.15) is 40.0 Å². The van der Waals surface area contributed by atoms with Crippen molar-refractivity contribution in [1.82, 2.24) is 20.5 Å². The van der Waals surface area contributed by atoms with Crippen LogP contribution in [0.15, 0.2) is 60.8 Å². The molecular formula is C27H28N6O4S. The van der Waals surface area contributed by atoms with Crippen molar-refractivity contribution >= 4 is 34.9 Å². The molecule has 5 rings (SSSR count). The van der Waals surface area contributed by atoms with Gasteiger partial charge in [0.15, 0.2) is 0 Å². The largest absolute Gasteiger partial charge is 0.457 e. The molecule has 2 fully saturated rings. The van der Waals surface area contributed by atoms with Crippen LogP contribution in [0.2, 0.25) is 0 Å². The summed E-state index contributed by atoms with van der Waals surface area (Å²) in [4.78, 5) is 45.2. The summed E-state index contributed by atoms with van der Waals surface area (Å²) in [5.41, 5.74) is 5.79. The van der Waals surface area contributed by atoms with E-state index < -0.39 is 6.04 Å². The maximum Gasteiger partial charge on any atom is 0.251 e. The minimum absolute atomic E-state index is 0.0127. The summed E-state index contributed by atoms with van der Waals surface area (Å²) in [5.74, 6) is 0.290. The maximum absolute atomic E-state index is 13.1. The van der Waals surface area contributed by atoms with Crippen molar-refractivity contribution in [2.45, 2.75) is 38.4 Å². The van der Waals surface area contributed by atoms with Crippen molar-refractivity contribution in [1.29, 1.82) is 5.41 Å². The van der Waals surface area contributed by atoms with Gasteiger partial charge in [0, 0.05) is 17.8 Å². The van der Waals surface area contributed by atoms with Crippen molar-refractivity contribution in [3.05, 3.63) is 76.2 Å². The Labute approximate surface area is 223 Å². The molecule has 1 saturated carbocycles. The van der Waals surface area contributed by atoms with Gasteiger partial charge in [-0.2, -0.15) is 0 Å². The zero-order valence-electron chi connectivity index (χ0n) is 20.8. The first kappa shape index (κ1) is 25.4. The number of likely N-dealkylation sites (tertiary alicyclic amines) is 1. The summed E-state index contributed by atoms with van der Waals surface area (Å²) in [6, 6.07) is 15.4. The van der Waals surface area contributed by atoms with Crippen molar-refractivity contribution in [2.24, 2.45) is 11.1 Å². The van der Waals surface area contributed by atoms with Gasteiger partial charge in [-0.1, -0.05) is 25.1 Å². The lowest BCUT2D eigenvalue weighted by atomic mass is 10.0. The van der Waals surface area contributed by atoms with Crippen molar-refractivity contribution < 1.29 is 19.1 Å². The van der Waals surface area contributed by atoms with Gasteiger partial charge in [0.1, 0.15) is 28.4 Å². The number of hydrogen-bond donors (Lipinski definition) is 4. The highest BCUT2D eigenvalue weighted by Gasteiger charge is 2.64. The van der Waals surface area contributed by atoms with Gasteiger partial charge in [0.05, 0.1) is 18.0 Å². The number of carbonyl (C=O) groups is 3. The lowest BCUT2D eigenvalue weighted by Crippen LogP contribution is -2.50. The van der Waals surface area contributed by atoms with Gasteiger partial charge in [0.25, 0.3) is 5.91 Å². The number of aromatic nitrogens is 1. The highest BCUT2D eigenvalue weighted by molar-refractivity contribution is 7.13. The number of carbonyl (C=O) groups excluding carboxylic acids is 3. The van der Waals surface area contributed by atoms with Crippen LogP contribution in [-0.4, -0.2) is 52.1 Å². The third kappa shape index (κ3) is 5.37. The lowest BCUT2D eigenvalue weighted by Gasteiger charge is -2.27. The van der Waals surface area contributed by atoms with Crippen LogP contribution in [0.3, 0.4) is 0 Å². The molecular weight excluding hydrogens is 504 g/mol. The lowest BCUT2D eigenvalue weighted by molar-refractivity contribution is -0.139. The Morgan fingerprint density at radius 1 is 1.11 bits per heavy atom. The molecule has 11 heteroatoms. The summed E-state index contributed by atoms with van der Waals surface area (Å²) in [5, 5.41) is 13.6. The minimum Gasteiger partial charge on any atom is -0.457 e. The summed E-state index contributed by atoms with van der Waals surface area (Å²) >= 11 is 1.24. The molecule has 0 bridgehead atoms. The van der Waals surface area contributed by atoms with E-state index in [1.54, 1.807) is 29.2 Å². The number of ether oxygens (including phenoxy) is 1. The number of nitrogen functional groups attached to an aromatic ring is 1. The number of nitrogens with one attached hydrogen (secondary N) is 3. The predicted molar refractivity (Wildman–Crippen MR) is 142 cm³/mol. The summed E-state index contributed by atoms with van der Waals surface area (Å²) < 4.78 is 5.75. The molecule has 196 valence electrons. The standard InChI is InChI=1S/C27H28N6O4S/c1-27-11-19(26(36)31-14-22-30-13-20(38-22)24(28)29)33(21(27)12-27)23(34)15-32-25(35)16-7-9-18(10-8-16)37-17-5-3-2-4-6-17/h2-10,13,19,21H,11-12,14-15H2,1H3,(H3,28,29)(H,31,36)(H,32,35)/t19-,21-,27+/m0/s1. The second-order valence-corrected chi connectivity index (χ2v) is 10.9. The van der Waals surface area contributed by atoms with Gasteiger partial charge in [0.2, 0.25) is 11.8 Å². The Balaban J connectivity index is 1.16. The first-order valence-electron chi connectivity index (χ1n) is 12.2. The van der Waals surface area contributed by atoms with Gasteiger partial charge in [-0.3, -0.25) is 19.8 Å². The molecule has 3 aromatic rings. The number of thiazole rings is 1. The number of para-hydroxylation sites is 1. The summed E-state index contributed by atoms with van der Waals surface area (Å²) in [7, 11) is 0. The third-order valence-corrected chi connectivity index (χ3v) is 7.98. The predicted octanol–water partition coefficient (Wildman–Crippen LogP) is 2.65. The van der Waals surface area contributed by atoms with Gasteiger partial charge >= 0.3 is 0 Å². The SMILES string of the molecule is C[C@@]12C[C@@H]1N(C(=O)CNC(=O)c1ccc(Oc3ccccc3)cc1)[C@H](C(=O)NCc1ncc(C(=N)N)s1)C2. The van der Waals surface area contributed by atoms with Crippen LogP contribution >= 0.6 is 11.3 Å². The number of amides is 3. The average molecular weight is 533 g/mol. The van der Waals surface area contributed by atoms with Crippen molar-refractivity contribution in [2.75, 3.05) is 6.54 Å². The fourth-order valence-corrected chi connectivity index (χ4v) is 5.52. The average Bonchev–Trinajstić information content (AvgIpc) is 3.23. The smallest absolute Gasteiger partial charge is 0.251 e.